The molecule has 0 aromatic carbocycles. The van der Waals surface area contributed by atoms with Crippen molar-refractivity contribution >= 4 is 17.4 Å². The summed E-state index contributed by atoms with van der Waals surface area (Å²) < 4.78 is 5.90. The van der Waals surface area contributed by atoms with Gasteiger partial charge in [0.25, 0.3) is 0 Å². The summed E-state index contributed by atoms with van der Waals surface area (Å²) in [5, 5.41) is 0. The fourth-order valence-electron chi connectivity index (χ4n) is 3.81. The maximum atomic E-state index is 12.8. The van der Waals surface area contributed by atoms with E-state index in [4.69, 9.17) is 10.5 Å². The monoisotopic (exact) mass is 385 g/mol. The van der Waals surface area contributed by atoms with Crippen LogP contribution in [0.3, 0.4) is 0 Å². The van der Waals surface area contributed by atoms with E-state index in [1.54, 1.807) is 6.20 Å². The zero-order valence-electron chi connectivity index (χ0n) is 17.1. The molecule has 0 spiro atoms. The molecule has 2 fully saturated rings. The van der Waals surface area contributed by atoms with E-state index >= 15 is 0 Å². The standard InChI is InChI=1S/C21H31N5O2/c1-5-19(28-21(2,3)4)25-13-14-26(18(27)15-25)16-8-11-24(12-9-16)20-17(22)7-6-10-23-20/h6-7,10,16H,1,8-9,11-15,22H2,2-4H3. The first-order chi connectivity index (χ1) is 13.3. The molecule has 0 aliphatic carbocycles. The number of pyridine rings is 1. The normalized spacial score (nSPS) is 18.8. The fraction of sp³-hybridized carbons (Fsp3) is 0.571. The number of nitrogens with zero attached hydrogens (tertiary/aromatic N) is 4. The van der Waals surface area contributed by atoms with Gasteiger partial charge in [-0.25, -0.2) is 4.98 Å². The number of amides is 1. The minimum Gasteiger partial charge on any atom is -0.467 e. The molecule has 3 heterocycles. The number of hydrogen-bond acceptors (Lipinski definition) is 6. The summed E-state index contributed by atoms with van der Waals surface area (Å²) in [6.07, 6.45) is 3.61. The lowest BCUT2D eigenvalue weighted by atomic mass is 10.0. The zero-order chi connectivity index (χ0) is 20.3. The van der Waals surface area contributed by atoms with E-state index < -0.39 is 0 Å². The highest BCUT2D eigenvalue weighted by Gasteiger charge is 2.34. The lowest BCUT2D eigenvalue weighted by molar-refractivity contribution is -0.140. The predicted octanol–water partition coefficient (Wildman–Crippen LogP) is 2.22. The number of rotatable bonds is 4. The first-order valence-corrected chi connectivity index (χ1v) is 9.87. The molecule has 2 saturated heterocycles. The third kappa shape index (κ3) is 4.60. The van der Waals surface area contributed by atoms with Gasteiger partial charge in [0.1, 0.15) is 12.1 Å². The minimum absolute atomic E-state index is 0.132. The fourth-order valence-corrected chi connectivity index (χ4v) is 3.81. The lowest BCUT2D eigenvalue weighted by Gasteiger charge is -2.43. The van der Waals surface area contributed by atoms with E-state index in [2.05, 4.69) is 22.2 Å². The number of aromatic nitrogens is 1. The van der Waals surface area contributed by atoms with Crippen molar-refractivity contribution in [2.75, 3.05) is 43.4 Å². The molecule has 0 radical (unpaired) electrons. The van der Waals surface area contributed by atoms with Gasteiger partial charge in [0.2, 0.25) is 11.8 Å². The average Bonchev–Trinajstić information content (AvgIpc) is 2.66. The molecule has 0 bridgehead atoms. The number of nitrogens with two attached hydrogens (primary N) is 1. The lowest BCUT2D eigenvalue weighted by Crippen LogP contribution is -2.56. The average molecular weight is 386 g/mol. The predicted molar refractivity (Wildman–Crippen MR) is 111 cm³/mol. The van der Waals surface area contributed by atoms with Crippen LogP contribution in [0.1, 0.15) is 33.6 Å². The van der Waals surface area contributed by atoms with Gasteiger partial charge < -0.3 is 25.2 Å². The number of ether oxygens (including phenoxy) is 1. The van der Waals surface area contributed by atoms with Gasteiger partial charge in [0.15, 0.2) is 5.82 Å². The second-order valence-electron chi connectivity index (χ2n) is 8.34. The maximum Gasteiger partial charge on any atom is 0.242 e. The summed E-state index contributed by atoms with van der Waals surface area (Å²) in [4.78, 5) is 23.4. The Morgan fingerprint density at radius 2 is 2.00 bits per heavy atom. The molecule has 2 aliphatic heterocycles. The Balaban J connectivity index is 1.57. The van der Waals surface area contributed by atoms with Crippen LogP contribution < -0.4 is 10.6 Å². The molecular weight excluding hydrogens is 354 g/mol. The van der Waals surface area contributed by atoms with Crippen molar-refractivity contribution in [3.8, 4) is 0 Å². The van der Waals surface area contributed by atoms with Crippen LogP contribution in [-0.2, 0) is 9.53 Å². The molecule has 152 valence electrons. The second kappa shape index (κ2) is 8.15. The molecular formula is C21H31N5O2. The Bertz CT molecular complexity index is 758. The quantitative estimate of drug-likeness (QED) is 0.633. The van der Waals surface area contributed by atoms with Gasteiger partial charge in [-0.3, -0.25) is 4.79 Å². The third-order valence-corrected chi connectivity index (χ3v) is 5.12. The molecule has 1 aromatic rings. The van der Waals surface area contributed by atoms with Crippen molar-refractivity contribution in [3.05, 3.63) is 36.5 Å². The highest BCUT2D eigenvalue weighted by Crippen LogP contribution is 2.26. The van der Waals surface area contributed by atoms with Crippen LogP contribution in [0, 0.1) is 0 Å². The topological polar surface area (TPSA) is 74.9 Å². The molecule has 0 unspecified atom stereocenters. The van der Waals surface area contributed by atoms with Gasteiger partial charge in [0.05, 0.1) is 5.69 Å². The van der Waals surface area contributed by atoms with Crippen molar-refractivity contribution in [1.29, 1.82) is 0 Å². The van der Waals surface area contributed by atoms with E-state index in [1.165, 1.54) is 0 Å². The van der Waals surface area contributed by atoms with E-state index in [0.717, 1.165) is 38.3 Å². The number of carbonyl (C=O) groups is 1. The van der Waals surface area contributed by atoms with Gasteiger partial charge in [-0.05, 0) is 45.7 Å². The molecule has 3 rings (SSSR count). The minimum atomic E-state index is -0.347. The number of carbonyl (C=O) groups excluding carboxylic acids is 1. The number of anilines is 2. The van der Waals surface area contributed by atoms with Gasteiger partial charge >= 0.3 is 0 Å². The van der Waals surface area contributed by atoms with E-state index in [-0.39, 0.29) is 17.6 Å². The maximum absolute atomic E-state index is 12.8. The number of hydrogen-bond donors (Lipinski definition) is 1. The summed E-state index contributed by atoms with van der Waals surface area (Å²) in [5.74, 6) is 1.53. The highest BCUT2D eigenvalue weighted by atomic mass is 16.5. The molecule has 28 heavy (non-hydrogen) atoms. The number of piperazine rings is 1. The van der Waals surface area contributed by atoms with Crippen molar-refractivity contribution in [3.63, 3.8) is 0 Å². The second-order valence-corrected chi connectivity index (χ2v) is 8.34. The molecule has 0 saturated carbocycles. The van der Waals surface area contributed by atoms with Crippen LogP contribution in [0.5, 0.6) is 0 Å². The van der Waals surface area contributed by atoms with E-state index in [0.29, 0.717) is 24.7 Å². The number of nitrogen functional groups attached to an aromatic ring is 1. The molecule has 7 nitrogen and oxygen atoms in total. The van der Waals surface area contributed by atoms with E-state index in [9.17, 15) is 4.79 Å². The van der Waals surface area contributed by atoms with Gasteiger partial charge in [0, 0.05) is 38.4 Å². The van der Waals surface area contributed by atoms with Crippen molar-refractivity contribution < 1.29 is 9.53 Å². The molecule has 2 aliphatic rings. The molecule has 7 heteroatoms. The highest BCUT2D eigenvalue weighted by molar-refractivity contribution is 5.79. The zero-order valence-corrected chi connectivity index (χ0v) is 17.1. The summed E-state index contributed by atoms with van der Waals surface area (Å²) in [6.45, 7) is 13.1. The summed E-state index contributed by atoms with van der Waals surface area (Å²) in [7, 11) is 0. The largest absolute Gasteiger partial charge is 0.467 e. The summed E-state index contributed by atoms with van der Waals surface area (Å²) >= 11 is 0. The van der Waals surface area contributed by atoms with Crippen molar-refractivity contribution in [2.24, 2.45) is 0 Å². The Labute approximate surface area is 167 Å². The summed E-state index contributed by atoms with van der Waals surface area (Å²) in [5.41, 5.74) is 9.25. The Kier molecular flexibility index (Phi) is 5.84. The van der Waals surface area contributed by atoms with Gasteiger partial charge in [-0.15, -0.1) is 0 Å². The molecule has 1 amide bonds. The van der Waals surface area contributed by atoms with Crippen LogP contribution in [0.2, 0.25) is 0 Å². The van der Waals surface area contributed by atoms with Gasteiger partial charge in [-0.1, -0.05) is 12.3 Å². The Morgan fingerprint density at radius 3 is 2.57 bits per heavy atom. The first-order valence-electron chi connectivity index (χ1n) is 9.87. The Hall–Kier alpha value is -2.66. The first kappa shape index (κ1) is 20.1. The van der Waals surface area contributed by atoms with Crippen LogP contribution in [-0.4, -0.2) is 65.1 Å². The van der Waals surface area contributed by atoms with Crippen LogP contribution in [0.4, 0.5) is 11.5 Å². The third-order valence-electron chi connectivity index (χ3n) is 5.12. The smallest absolute Gasteiger partial charge is 0.242 e. The van der Waals surface area contributed by atoms with Crippen LogP contribution >= 0.6 is 0 Å². The van der Waals surface area contributed by atoms with Crippen LogP contribution in [0.25, 0.3) is 0 Å². The van der Waals surface area contributed by atoms with Gasteiger partial charge in [-0.2, -0.15) is 0 Å². The van der Waals surface area contributed by atoms with Crippen molar-refractivity contribution in [1.82, 2.24) is 14.8 Å². The molecule has 0 atom stereocenters. The van der Waals surface area contributed by atoms with Crippen LogP contribution in [0.15, 0.2) is 36.5 Å². The van der Waals surface area contributed by atoms with E-state index in [1.807, 2.05) is 42.7 Å². The van der Waals surface area contributed by atoms with Crippen molar-refractivity contribution in [2.45, 2.75) is 45.3 Å². The molecule has 1 aromatic heterocycles. The molecule has 2 N–H and O–H groups in total. The summed E-state index contributed by atoms with van der Waals surface area (Å²) in [6, 6.07) is 3.98. The number of piperidine rings is 1. The SMILES string of the molecule is C=C=C(OC(C)(C)C)N1CCN(C2CCN(c3ncccc3N)CC2)C(=O)C1. The Morgan fingerprint density at radius 1 is 1.29 bits per heavy atom.